The van der Waals surface area contributed by atoms with E-state index in [2.05, 4.69) is 20.3 Å². The number of aliphatic hydroxyl groups is 2. The summed E-state index contributed by atoms with van der Waals surface area (Å²) in [7, 11) is 0. The third kappa shape index (κ3) is 3.33. The van der Waals surface area contributed by atoms with Gasteiger partial charge >= 0.3 is 0 Å². The van der Waals surface area contributed by atoms with Crippen molar-refractivity contribution in [2.24, 2.45) is 0 Å². The van der Waals surface area contributed by atoms with E-state index in [1.165, 1.54) is 32.0 Å². The molecule has 25 heavy (non-hydrogen) atoms. The Balaban J connectivity index is 1.58. The van der Waals surface area contributed by atoms with Gasteiger partial charge in [-0.05, 0) is 12.8 Å². The molecule has 2 aliphatic rings. The molecule has 1 saturated carbocycles. The van der Waals surface area contributed by atoms with Gasteiger partial charge in [0, 0.05) is 12.5 Å². The molecular formula is C17H25N5O3. The Morgan fingerprint density at radius 2 is 1.96 bits per heavy atom. The quantitative estimate of drug-likeness (QED) is 0.721. The minimum absolute atomic E-state index is 0.201. The number of hydrogen-bond donors (Lipinski definition) is 3. The van der Waals surface area contributed by atoms with Crippen LogP contribution in [0.5, 0.6) is 0 Å². The second kappa shape index (κ2) is 7.23. The number of nitrogens with one attached hydrogen (secondary N) is 1. The van der Waals surface area contributed by atoms with Gasteiger partial charge in [-0.2, -0.15) is 0 Å². The van der Waals surface area contributed by atoms with Crippen molar-refractivity contribution in [2.75, 3.05) is 11.9 Å². The molecule has 1 aliphatic carbocycles. The maximum atomic E-state index is 9.96. The number of imidazole rings is 1. The molecule has 0 amide bonds. The highest BCUT2D eigenvalue weighted by molar-refractivity contribution is 5.82. The molecule has 8 nitrogen and oxygen atoms in total. The number of rotatable bonds is 4. The van der Waals surface area contributed by atoms with Gasteiger partial charge in [-0.3, -0.25) is 4.57 Å². The molecule has 3 heterocycles. The molecule has 1 saturated heterocycles. The summed E-state index contributed by atoms with van der Waals surface area (Å²) in [6.45, 7) is -0.201. The van der Waals surface area contributed by atoms with Crippen molar-refractivity contribution in [3.63, 3.8) is 0 Å². The smallest absolute Gasteiger partial charge is 0.167 e. The summed E-state index contributed by atoms with van der Waals surface area (Å²) in [5.41, 5.74) is 1.40. The molecule has 1 aliphatic heterocycles. The molecule has 8 heteroatoms. The van der Waals surface area contributed by atoms with Crippen molar-refractivity contribution in [3.8, 4) is 0 Å². The largest absolute Gasteiger partial charge is 0.394 e. The van der Waals surface area contributed by atoms with Crippen LogP contribution in [0.3, 0.4) is 0 Å². The molecule has 2 aromatic rings. The lowest BCUT2D eigenvalue weighted by molar-refractivity contribution is -0.0432. The molecule has 136 valence electrons. The normalized spacial score (nSPS) is 28.3. The summed E-state index contributed by atoms with van der Waals surface area (Å²) < 4.78 is 7.54. The molecule has 3 atom stereocenters. The Morgan fingerprint density at radius 1 is 1.16 bits per heavy atom. The zero-order valence-corrected chi connectivity index (χ0v) is 14.2. The number of aliphatic hydroxyl groups excluding tert-OH is 2. The molecule has 0 bridgehead atoms. The first kappa shape index (κ1) is 16.7. The van der Waals surface area contributed by atoms with Crippen LogP contribution in [0, 0.1) is 0 Å². The van der Waals surface area contributed by atoms with Gasteiger partial charge in [0.05, 0.1) is 19.0 Å². The fraction of sp³-hybridized carbons (Fsp3) is 0.706. The lowest BCUT2D eigenvalue weighted by Gasteiger charge is -2.17. The van der Waals surface area contributed by atoms with Crippen LogP contribution >= 0.6 is 0 Å². The zero-order valence-electron chi connectivity index (χ0n) is 14.2. The topological polar surface area (TPSA) is 105 Å². The number of anilines is 1. The highest BCUT2D eigenvalue weighted by atomic mass is 16.5. The maximum absolute atomic E-state index is 9.96. The number of hydrogen-bond acceptors (Lipinski definition) is 7. The fourth-order valence-corrected chi connectivity index (χ4v) is 3.84. The van der Waals surface area contributed by atoms with E-state index in [-0.39, 0.29) is 12.8 Å². The maximum Gasteiger partial charge on any atom is 0.167 e. The Bertz CT molecular complexity index is 713. The summed E-state index contributed by atoms with van der Waals surface area (Å²) in [6.07, 6.45) is 9.41. The zero-order chi connectivity index (χ0) is 17.2. The monoisotopic (exact) mass is 347 g/mol. The van der Waals surface area contributed by atoms with Gasteiger partial charge < -0.3 is 20.3 Å². The van der Waals surface area contributed by atoms with Crippen LogP contribution in [-0.2, 0) is 4.74 Å². The average molecular weight is 347 g/mol. The van der Waals surface area contributed by atoms with Crippen LogP contribution < -0.4 is 5.32 Å². The Labute approximate surface area is 146 Å². The first-order valence-corrected chi connectivity index (χ1v) is 9.14. The minimum atomic E-state index is -0.683. The van der Waals surface area contributed by atoms with E-state index in [0.29, 0.717) is 18.1 Å². The summed E-state index contributed by atoms with van der Waals surface area (Å²) in [5, 5.41) is 22.8. The summed E-state index contributed by atoms with van der Waals surface area (Å²) in [4.78, 5) is 13.2. The number of nitrogens with zero attached hydrogens (tertiary/aromatic N) is 4. The summed E-state index contributed by atoms with van der Waals surface area (Å²) in [5.74, 6) is 0.757. The van der Waals surface area contributed by atoms with Gasteiger partial charge in [0.2, 0.25) is 0 Å². The Hall–Kier alpha value is -1.77. The van der Waals surface area contributed by atoms with E-state index in [1.807, 2.05) is 4.57 Å². The van der Waals surface area contributed by atoms with Crippen LogP contribution in [0.4, 0.5) is 5.82 Å². The van der Waals surface area contributed by atoms with E-state index in [9.17, 15) is 10.2 Å². The first-order valence-electron chi connectivity index (χ1n) is 9.14. The van der Waals surface area contributed by atoms with Crippen LogP contribution in [-0.4, -0.2) is 54.6 Å². The molecule has 4 rings (SSSR count). The van der Waals surface area contributed by atoms with Gasteiger partial charge in [-0.25, -0.2) is 15.0 Å². The van der Waals surface area contributed by atoms with E-state index >= 15 is 0 Å². The lowest BCUT2D eigenvalue weighted by atomic mass is 10.1. The fourth-order valence-electron chi connectivity index (χ4n) is 3.84. The summed E-state index contributed by atoms with van der Waals surface area (Å²) >= 11 is 0. The second-order valence-corrected chi connectivity index (χ2v) is 6.99. The van der Waals surface area contributed by atoms with Crippen LogP contribution in [0.15, 0.2) is 12.7 Å². The number of ether oxygens (including phenoxy) is 1. The van der Waals surface area contributed by atoms with E-state index in [4.69, 9.17) is 4.74 Å². The highest BCUT2D eigenvalue weighted by Gasteiger charge is 2.35. The predicted octanol–water partition coefficient (Wildman–Crippen LogP) is 1.60. The standard InChI is InChI=1S/C17H25N5O3/c23-8-13-12(24)7-14(25-13)22-10-20-15-16(18-9-19-17(15)22)21-11-5-3-1-2-4-6-11/h9-14,23-24H,1-8H2,(H,18,19,21). The van der Waals surface area contributed by atoms with Gasteiger partial charge in [-0.15, -0.1) is 0 Å². The molecule has 0 radical (unpaired) electrons. The van der Waals surface area contributed by atoms with Gasteiger partial charge in [-0.1, -0.05) is 25.7 Å². The number of fused-ring (bicyclic) bond motifs is 1. The molecule has 3 unspecified atom stereocenters. The SMILES string of the molecule is OCC1OC(n2cnc3c(NC4CCCCCC4)ncnc32)CC1O. The van der Waals surface area contributed by atoms with Crippen molar-refractivity contribution in [3.05, 3.63) is 12.7 Å². The van der Waals surface area contributed by atoms with Gasteiger partial charge in [0.15, 0.2) is 17.0 Å². The Morgan fingerprint density at radius 3 is 2.68 bits per heavy atom. The van der Waals surface area contributed by atoms with Gasteiger partial charge in [0.25, 0.3) is 0 Å². The molecule has 0 spiro atoms. The van der Waals surface area contributed by atoms with Crippen molar-refractivity contribution in [1.29, 1.82) is 0 Å². The van der Waals surface area contributed by atoms with Gasteiger partial charge in [0.1, 0.15) is 18.7 Å². The summed E-state index contributed by atoms with van der Waals surface area (Å²) in [6, 6.07) is 0.425. The third-order valence-corrected chi connectivity index (χ3v) is 5.25. The molecule has 0 aromatic carbocycles. The van der Waals surface area contributed by atoms with E-state index in [0.717, 1.165) is 24.2 Å². The average Bonchev–Trinajstić information content (AvgIpc) is 3.11. The predicted molar refractivity (Wildman–Crippen MR) is 92.1 cm³/mol. The third-order valence-electron chi connectivity index (χ3n) is 5.25. The van der Waals surface area contributed by atoms with Crippen molar-refractivity contribution >= 4 is 17.0 Å². The van der Waals surface area contributed by atoms with Crippen molar-refractivity contribution < 1.29 is 14.9 Å². The first-order chi connectivity index (χ1) is 12.3. The van der Waals surface area contributed by atoms with Crippen LogP contribution in [0.1, 0.15) is 51.2 Å². The lowest BCUT2D eigenvalue weighted by Crippen LogP contribution is -2.24. The van der Waals surface area contributed by atoms with Crippen LogP contribution in [0.25, 0.3) is 11.2 Å². The molecular weight excluding hydrogens is 322 g/mol. The molecule has 3 N–H and O–H groups in total. The van der Waals surface area contributed by atoms with Crippen molar-refractivity contribution in [2.45, 2.75) is 69.4 Å². The van der Waals surface area contributed by atoms with Crippen LogP contribution in [0.2, 0.25) is 0 Å². The Kier molecular flexibility index (Phi) is 4.82. The number of aromatic nitrogens is 4. The van der Waals surface area contributed by atoms with Crippen molar-refractivity contribution in [1.82, 2.24) is 19.5 Å². The molecule has 2 fully saturated rings. The molecule has 2 aromatic heterocycles. The highest BCUT2D eigenvalue weighted by Crippen LogP contribution is 2.32. The van der Waals surface area contributed by atoms with E-state index < -0.39 is 12.2 Å². The minimum Gasteiger partial charge on any atom is -0.394 e. The second-order valence-electron chi connectivity index (χ2n) is 6.99. The van der Waals surface area contributed by atoms with E-state index in [1.54, 1.807) is 6.33 Å².